The van der Waals surface area contributed by atoms with Gasteiger partial charge in [0.25, 0.3) is 11.8 Å². The number of hydrogen-bond donors (Lipinski definition) is 1. The Balaban J connectivity index is 1.74. The Hall–Kier alpha value is -4.33. The molecule has 0 unspecified atom stereocenters. The van der Waals surface area contributed by atoms with Crippen LogP contribution in [0.5, 0.6) is 5.75 Å². The van der Waals surface area contributed by atoms with Crippen LogP contribution in [0.25, 0.3) is 0 Å². The fraction of sp³-hybridized carbons (Fsp3) is 0.250. The van der Waals surface area contributed by atoms with E-state index in [9.17, 15) is 14.4 Å². The number of methoxy groups -OCH3 is 1. The Bertz CT molecular complexity index is 1350. The lowest BCUT2D eigenvalue weighted by atomic mass is 9.92. The smallest absolute Gasteiger partial charge is 0.279 e. The molecular formula is C28H28N4O4. The van der Waals surface area contributed by atoms with Crippen molar-refractivity contribution in [2.75, 3.05) is 41.9 Å². The van der Waals surface area contributed by atoms with E-state index in [1.54, 1.807) is 41.3 Å². The van der Waals surface area contributed by atoms with Crippen LogP contribution in [-0.4, -0.2) is 49.4 Å². The predicted molar refractivity (Wildman–Crippen MR) is 138 cm³/mol. The monoisotopic (exact) mass is 484 g/mol. The summed E-state index contributed by atoms with van der Waals surface area (Å²) < 4.78 is 5.61. The molecule has 3 aromatic carbocycles. The molecule has 0 aromatic heterocycles. The van der Waals surface area contributed by atoms with Gasteiger partial charge in [-0.3, -0.25) is 24.2 Å². The molecule has 36 heavy (non-hydrogen) atoms. The fourth-order valence-corrected chi connectivity index (χ4v) is 5.15. The van der Waals surface area contributed by atoms with Gasteiger partial charge in [0.05, 0.1) is 24.0 Å². The average Bonchev–Trinajstić information content (AvgIpc) is 3.13. The number of likely N-dealkylation sites (N-methyl/N-ethyl adjacent to an activating group) is 1. The number of hydrogen-bond acceptors (Lipinski definition) is 5. The van der Waals surface area contributed by atoms with Crippen molar-refractivity contribution in [3.8, 4) is 5.75 Å². The maximum absolute atomic E-state index is 14.5. The normalized spacial score (nSPS) is 18.1. The molecule has 1 N–H and O–H groups in total. The molecule has 1 atom stereocenters. The maximum Gasteiger partial charge on any atom is 0.279 e. The standard InChI is InChI=1S/C28H28N4O4/c1-4-30(5-2)25(33)18-31-22-15-9-7-13-20(22)28(27(31)35)29-21-14-8-6-12-19(21)26(34)32(28)23-16-10-11-17-24(23)36-3/h6-17,29H,4-5,18H2,1-3H3/t28-/m1/s1. The number of nitrogens with zero attached hydrogens (tertiary/aromatic N) is 3. The second-order valence-corrected chi connectivity index (χ2v) is 8.67. The van der Waals surface area contributed by atoms with Gasteiger partial charge in [-0.2, -0.15) is 0 Å². The van der Waals surface area contributed by atoms with Crippen molar-refractivity contribution in [3.05, 3.63) is 83.9 Å². The number of amides is 3. The summed E-state index contributed by atoms with van der Waals surface area (Å²) in [7, 11) is 1.53. The number of para-hydroxylation sites is 4. The molecule has 2 aliphatic heterocycles. The van der Waals surface area contributed by atoms with Gasteiger partial charge in [0.2, 0.25) is 11.6 Å². The van der Waals surface area contributed by atoms with Crippen LogP contribution in [0.4, 0.5) is 17.1 Å². The predicted octanol–water partition coefficient (Wildman–Crippen LogP) is 3.84. The van der Waals surface area contributed by atoms with E-state index < -0.39 is 11.6 Å². The van der Waals surface area contributed by atoms with Gasteiger partial charge in [-0.05, 0) is 44.2 Å². The average molecular weight is 485 g/mol. The second kappa shape index (κ2) is 9.03. The molecule has 2 heterocycles. The van der Waals surface area contributed by atoms with E-state index in [2.05, 4.69) is 5.32 Å². The third kappa shape index (κ3) is 3.32. The molecule has 0 radical (unpaired) electrons. The van der Waals surface area contributed by atoms with Gasteiger partial charge in [-0.25, -0.2) is 0 Å². The Labute approximate surface area is 210 Å². The van der Waals surface area contributed by atoms with Crippen LogP contribution in [0.1, 0.15) is 29.8 Å². The van der Waals surface area contributed by atoms with Crippen LogP contribution >= 0.6 is 0 Å². The number of carbonyl (C=O) groups is 3. The molecule has 2 aliphatic rings. The summed E-state index contributed by atoms with van der Waals surface area (Å²) in [5.74, 6) is -0.451. The molecular weight excluding hydrogens is 456 g/mol. The highest BCUT2D eigenvalue weighted by Crippen LogP contribution is 2.51. The van der Waals surface area contributed by atoms with Gasteiger partial charge >= 0.3 is 0 Å². The third-order valence-electron chi connectivity index (χ3n) is 6.89. The van der Waals surface area contributed by atoms with E-state index in [1.165, 1.54) is 16.9 Å². The van der Waals surface area contributed by atoms with Crippen molar-refractivity contribution in [1.82, 2.24) is 4.90 Å². The summed E-state index contributed by atoms with van der Waals surface area (Å²) in [4.78, 5) is 46.3. The molecule has 8 nitrogen and oxygen atoms in total. The highest BCUT2D eigenvalue weighted by molar-refractivity contribution is 6.23. The first kappa shape index (κ1) is 23.4. The Morgan fingerprint density at radius 1 is 0.917 bits per heavy atom. The number of benzene rings is 3. The van der Waals surface area contributed by atoms with E-state index >= 15 is 0 Å². The zero-order valence-electron chi connectivity index (χ0n) is 20.5. The molecule has 0 bridgehead atoms. The van der Waals surface area contributed by atoms with E-state index in [4.69, 9.17) is 4.74 Å². The summed E-state index contributed by atoms with van der Waals surface area (Å²) in [6, 6.07) is 21.5. The zero-order chi connectivity index (χ0) is 25.4. The van der Waals surface area contributed by atoms with E-state index in [0.717, 1.165) is 0 Å². The van der Waals surface area contributed by atoms with Crippen LogP contribution in [0, 0.1) is 0 Å². The lowest BCUT2D eigenvalue weighted by Gasteiger charge is -2.45. The number of anilines is 3. The highest BCUT2D eigenvalue weighted by atomic mass is 16.5. The van der Waals surface area contributed by atoms with Crippen LogP contribution in [0.2, 0.25) is 0 Å². The molecule has 0 aliphatic carbocycles. The van der Waals surface area contributed by atoms with E-state index in [0.29, 0.717) is 47.0 Å². The van der Waals surface area contributed by atoms with Crippen LogP contribution in [0.15, 0.2) is 72.8 Å². The quantitative estimate of drug-likeness (QED) is 0.575. The van der Waals surface area contributed by atoms with Crippen molar-refractivity contribution in [3.63, 3.8) is 0 Å². The minimum atomic E-state index is -1.60. The maximum atomic E-state index is 14.5. The van der Waals surface area contributed by atoms with Crippen LogP contribution < -0.4 is 19.9 Å². The van der Waals surface area contributed by atoms with Crippen molar-refractivity contribution in [2.45, 2.75) is 19.5 Å². The lowest BCUT2D eigenvalue weighted by molar-refractivity contribution is -0.131. The number of carbonyl (C=O) groups excluding carboxylic acids is 3. The molecule has 3 amide bonds. The fourth-order valence-electron chi connectivity index (χ4n) is 5.15. The molecule has 184 valence electrons. The van der Waals surface area contributed by atoms with Gasteiger partial charge in [0, 0.05) is 24.3 Å². The number of nitrogens with one attached hydrogen (secondary N) is 1. The Kier molecular flexibility index (Phi) is 5.88. The molecule has 5 rings (SSSR count). The van der Waals surface area contributed by atoms with Gasteiger partial charge in [0.15, 0.2) is 0 Å². The molecule has 0 saturated heterocycles. The number of ether oxygens (including phenoxy) is 1. The summed E-state index contributed by atoms with van der Waals surface area (Å²) in [5.41, 5.74) is 1.02. The second-order valence-electron chi connectivity index (χ2n) is 8.67. The van der Waals surface area contributed by atoms with Crippen LogP contribution in [0.3, 0.4) is 0 Å². The first-order valence-corrected chi connectivity index (χ1v) is 12.0. The molecule has 0 saturated carbocycles. The van der Waals surface area contributed by atoms with Gasteiger partial charge in [-0.15, -0.1) is 0 Å². The van der Waals surface area contributed by atoms with Crippen molar-refractivity contribution in [2.24, 2.45) is 0 Å². The SMILES string of the molecule is CCN(CC)C(=O)CN1C(=O)[C@@]2(Nc3ccccc3C(=O)N2c2ccccc2OC)c2ccccc21. The van der Waals surface area contributed by atoms with Gasteiger partial charge in [-0.1, -0.05) is 42.5 Å². The van der Waals surface area contributed by atoms with E-state index in [-0.39, 0.29) is 18.4 Å². The summed E-state index contributed by atoms with van der Waals surface area (Å²) in [5, 5.41) is 3.40. The Morgan fingerprint density at radius 3 is 2.28 bits per heavy atom. The van der Waals surface area contributed by atoms with Crippen molar-refractivity contribution >= 4 is 34.8 Å². The number of fused-ring (bicyclic) bond motifs is 3. The zero-order valence-corrected chi connectivity index (χ0v) is 20.5. The topological polar surface area (TPSA) is 82.2 Å². The Morgan fingerprint density at radius 2 is 1.56 bits per heavy atom. The number of rotatable bonds is 6. The first-order valence-electron chi connectivity index (χ1n) is 12.0. The summed E-state index contributed by atoms with van der Waals surface area (Å²) >= 11 is 0. The minimum absolute atomic E-state index is 0.128. The van der Waals surface area contributed by atoms with Crippen molar-refractivity contribution < 1.29 is 19.1 Å². The van der Waals surface area contributed by atoms with Crippen LogP contribution in [-0.2, 0) is 15.3 Å². The molecule has 0 fully saturated rings. The van der Waals surface area contributed by atoms with Crippen molar-refractivity contribution in [1.29, 1.82) is 0 Å². The molecule has 3 aromatic rings. The molecule has 1 spiro atoms. The van der Waals surface area contributed by atoms with Gasteiger partial charge < -0.3 is 15.0 Å². The molecule has 8 heteroatoms. The summed E-state index contributed by atoms with van der Waals surface area (Å²) in [6.45, 7) is 4.77. The summed E-state index contributed by atoms with van der Waals surface area (Å²) in [6.07, 6.45) is 0. The third-order valence-corrected chi connectivity index (χ3v) is 6.89. The lowest BCUT2D eigenvalue weighted by Crippen LogP contribution is -2.63. The van der Waals surface area contributed by atoms with E-state index in [1.807, 2.05) is 50.2 Å². The van der Waals surface area contributed by atoms with Gasteiger partial charge in [0.1, 0.15) is 12.3 Å². The minimum Gasteiger partial charge on any atom is -0.495 e. The largest absolute Gasteiger partial charge is 0.495 e. The highest BCUT2D eigenvalue weighted by Gasteiger charge is 2.60. The first-order chi connectivity index (χ1) is 17.5.